The van der Waals surface area contributed by atoms with E-state index in [0.717, 1.165) is 0 Å². The van der Waals surface area contributed by atoms with Gasteiger partial charge in [0.05, 0.1) is 6.04 Å². The number of rotatable bonds is 59. The lowest BCUT2D eigenvalue weighted by Crippen LogP contribution is -2.61. The van der Waals surface area contributed by atoms with Crippen LogP contribution in [0.5, 0.6) is 0 Å². The SMILES string of the molecule is CC[C@H](C)[C@H](NC(=O)[C@H](CCCNC(=N)N)NC(=O)[C@@H](N)CCCNC(=N)N)C(=O)N[C@@H](CCCNC(=N)N)C(=O)N1CCC[C@H]1C(=O)N[C@@H](CCCNC(=N)N)C(=O)N1CCC[C@H]1C(=O)N1CCC[C@H]1C(=O)N[C@@H](CCCNC(=N)N)C(=O)N[C@@H](CC(C)C)C(=O)N1CCC[C@H]1C(=O)N[C@@H](Cc1ccccc1)C(=O)N1CCC[C@H]1C(=O)N[C@@H](CCCNC(=N)N)C(=O)N1CCC[C@H]1C(=O)N[C@@H](CCCNC(=N)N)C(=O)O. The number of carbonyl (C=O) groups excluding carboxylic acids is 15. The zero-order valence-corrected chi connectivity index (χ0v) is 84.8. The number of nitrogens with two attached hydrogens (primary N) is 8. The molecule has 0 aliphatic carbocycles. The second kappa shape index (κ2) is 60.5. The number of carboxylic acid groups (broad SMARTS) is 1. The van der Waals surface area contributed by atoms with Crippen molar-refractivity contribution >= 4 is 136 Å². The van der Waals surface area contributed by atoms with Gasteiger partial charge in [0.1, 0.15) is 90.6 Å². The van der Waals surface area contributed by atoms with Gasteiger partial charge in [-0.15, -0.1) is 0 Å². The largest absolute Gasteiger partial charge is 0.480 e. The fraction of sp³-hybridized carbons (Fsp3) is 0.688. The highest BCUT2D eigenvalue weighted by atomic mass is 16.4. The molecule has 40 N–H and O–H groups in total. The normalized spacial score (nSPS) is 19.6. The molecule has 0 aromatic heterocycles. The van der Waals surface area contributed by atoms with Gasteiger partial charge < -0.3 is 165 Å². The molecule has 1 aromatic rings. The Morgan fingerprint density at radius 1 is 0.327 bits per heavy atom. The minimum atomic E-state index is -1.41. The van der Waals surface area contributed by atoms with E-state index in [9.17, 15) is 38.7 Å². The van der Waals surface area contributed by atoms with Crippen LogP contribution in [0.3, 0.4) is 0 Å². The van der Waals surface area contributed by atoms with Crippen molar-refractivity contribution in [1.29, 1.82) is 37.9 Å². The summed E-state index contributed by atoms with van der Waals surface area (Å²) in [5.74, 6) is -15.3. The van der Waals surface area contributed by atoms with Gasteiger partial charge in [0, 0.05) is 91.5 Å². The number of nitrogens with zero attached hydrogens (tertiary/aromatic N) is 6. The highest BCUT2D eigenvalue weighted by Gasteiger charge is 2.49. The number of nitrogens with one attached hydrogen (secondary N) is 23. The molecule has 6 aliphatic heterocycles. The number of likely N-dealkylation sites (tertiary alicyclic amines) is 6. The third kappa shape index (κ3) is 38.2. The zero-order valence-electron chi connectivity index (χ0n) is 84.8. The third-order valence-corrected chi connectivity index (χ3v) is 27.0. The second-order valence-corrected chi connectivity index (χ2v) is 38.6. The highest BCUT2D eigenvalue weighted by molar-refractivity contribution is 6.02. The van der Waals surface area contributed by atoms with Crippen LogP contribution in [0.1, 0.15) is 213 Å². The Balaban J connectivity index is 1.06. The molecule has 6 fully saturated rings. The number of benzene rings is 1. The summed E-state index contributed by atoms with van der Waals surface area (Å²) in [4.78, 5) is 243. The van der Waals surface area contributed by atoms with Gasteiger partial charge in [-0.2, -0.15) is 0 Å². The first-order valence-electron chi connectivity index (χ1n) is 51.1. The van der Waals surface area contributed by atoms with Crippen molar-refractivity contribution in [3.8, 4) is 0 Å². The Hall–Kier alpha value is -14.4. The average Bonchev–Trinajstić information content (AvgIpc) is 1.70. The quantitative estimate of drug-likeness (QED) is 0.0164. The Morgan fingerprint density at radius 3 is 0.946 bits per heavy atom. The molecule has 1 aromatic carbocycles. The van der Waals surface area contributed by atoms with Crippen LogP contribution < -0.4 is 131 Å². The summed E-state index contributed by atoms with van der Waals surface area (Å²) in [5.41, 5.74) is 45.6. The van der Waals surface area contributed by atoms with E-state index in [1.165, 1.54) is 29.4 Å². The summed E-state index contributed by atoms with van der Waals surface area (Å²) < 4.78 is 0. The number of carbonyl (C=O) groups is 16. The standard InChI is InChI=1S/C93H159N37O17/c1-5-53(4)70(124-73(133)57(26-11-39-111-89(99)100)116-71(131)55(94)24-9-37-109-87(95)96)79(139)120-60(29-14-42-114-92(105)106)81(141)125-44-16-31-64(125)75(135)119-59(28-13-41-113-91(103)104)82(142)130-49-21-36-69(130)85(145)129-48-20-35-68(129)74(134)117-56(25-10-38-110-88(97)98)72(132)122-62(50-52(2)3)83(143)127-46-19-34-67(127)78(138)123-63(51-54-22-7-6-8-23-54)84(144)128-47-18-32-65(128)76(136)118-58(27-12-40-112-90(101)102)80(140)126-45-17-33-66(126)77(137)121-61(86(146)147)30-15-43-115-93(107)108/h6-8,22-23,52-53,55-70H,5,9-21,24-51,94H2,1-4H3,(H,116,131)(H,117,134)(H,118,136)(H,119,135)(H,120,139)(H,121,137)(H,122,132)(H,123,138)(H,124,133)(H,146,147)(H4,95,96,109)(H4,97,98,110)(H4,99,100,111)(H4,101,102,112)(H4,103,104,113)(H4,105,106,114)(H4,107,108,115)/t53-,55-,56-,57-,58-,59-,60-,61-,62-,63-,64-,65-,66-,67-,68-,69-,70-/m0/s1. The molecular formula is C93H159N37O17. The number of hydrogen-bond donors (Lipinski definition) is 32. The lowest BCUT2D eigenvalue weighted by molar-refractivity contribution is -0.148. The van der Waals surface area contributed by atoms with Gasteiger partial charge in [0.2, 0.25) is 88.6 Å². The summed E-state index contributed by atoms with van der Waals surface area (Å²) in [6.07, 6.45) is 4.13. The van der Waals surface area contributed by atoms with E-state index in [1.54, 1.807) is 44.2 Å². The molecule has 6 heterocycles. The smallest absolute Gasteiger partial charge is 0.326 e. The predicted octanol–water partition coefficient (Wildman–Crippen LogP) is -7.11. The maximum absolute atomic E-state index is 15.4. The van der Waals surface area contributed by atoms with E-state index in [1.807, 2.05) is 13.8 Å². The van der Waals surface area contributed by atoms with Gasteiger partial charge in [-0.25, -0.2) is 4.79 Å². The van der Waals surface area contributed by atoms with E-state index in [0.29, 0.717) is 56.9 Å². The molecule has 54 heteroatoms. The Labute approximate surface area is 855 Å². The number of aliphatic carboxylic acids is 1. The molecule has 7 rings (SSSR count). The van der Waals surface area contributed by atoms with Gasteiger partial charge in [0.15, 0.2) is 41.7 Å². The average molecular weight is 2070 g/mol. The minimum Gasteiger partial charge on any atom is -0.480 e. The third-order valence-electron chi connectivity index (χ3n) is 27.0. The lowest BCUT2D eigenvalue weighted by Gasteiger charge is -2.34. The van der Waals surface area contributed by atoms with Crippen LogP contribution in [0.15, 0.2) is 30.3 Å². The number of guanidine groups is 7. The fourth-order valence-electron chi connectivity index (χ4n) is 19.3. The van der Waals surface area contributed by atoms with E-state index in [-0.39, 0.29) is 268 Å². The van der Waals surface area contributed by atoms with Gasteiger partial charge in [0.25, 0.3) is 0 Å². The van der Waals surface area contributed by atoms with Crippen molar-refractivity contribution in [3.05, 3.63) is 35.9 Å². The van der Waals surface area contributed by atoms with Crippen LogP contribution in [0.25, 0.3) is 0 Å². The Kier molecular flexibility index (Phi) is 49.2. The molecular weight excluding hydrogens is 1910 g/mol. The van der Waals surface area contributed by atoms with Crippen molar-refractivity contribution in [2.24, 2.45) is 57.7 Å². The van der Waals surface area contributed by atoms with Crippen molar-refractivity contribution in [2.45, 2.75) is 311 Å². The van der Waals surface area contributed by atoms with Crippen LogP contribution in [0.4, 0.5) is 0 Å². The van der Waals surface area contributed by atoms with Gasteiger partial charge in [-0.05, 0) is 191 Å². The molecule has 0 saturated carbocycles. The van der Waals surface area contributed by atoms with Gasteiger partial charge >= 0.3 is 5.97 Å². The first kappa shape index (κ1) is 120. The molecule has 147 heavy (non-hydrogen) atoms. The first-order chi connectivity index (χ1) is 69.9. The molecule has 6 aliphatic rings. The topological polar surface area (TPSA) is 880 Å². The molecule has 6 saturated heterocycles. The summed E-state index contributed by atoms with van der Waals surface area (Å²) in [6, 6.07) is -11.5. The summed E-state index contributed by atoms with van der Waals surface area (Å²) in [7, 11) is 0. The second-order valence-electron chi connectivity index (χ2n) is 38.6. The lowest BCUT2D eigenvalue weighted by atomic mass is 9.96. The van der Waals surface area contributed by atoms with Crippen molar-refractivity contribution < 1.29 is 81.8 Å². The maximum Gasteiger partial charge on any atom is 0.326 e. The molecule has 17 atom stereocenters. The summed E-state index contributed by atoms with van der Waals surface area (Å²) in [5, 5.41) is 107. The molecule has 54 nitrogen and oxygen atoms in total. The summed E-state index contributed by atoms with van der Waals surface area (Å²) in [6.45, 7) is 8.21. The maximum atomic E-state index is 15.4. The van der Waals surface area contributed by atoms with Crippen molar-refractivity contribution in [1.82, 2.24) is 114 Å². The fourth-order valence-corrected chi connectivity index (χ4v) is 19.3. The minimum absolute atomic E-state index is 0.00402. The molecule has 0 unspecified atom stereocenters. The zero-order chi connectivity index (χ0) is 108. The van der Waals surface area contributed by atoms with Gasteiger partial charge in [-0.3, -0.25) is 110 Å². The van der Waals surface area contributed by atoms with Crippen LogP contribution in [0.2, 0.25) is 0 Å². The molecule has 818 valence electrons. The first-order valence-corrected chi connectivity index (χ1v) is 51.1. The van der Waals surface area contributed by atoms with Gasteiger partial charge in [-0.1, -0.05) is 64.4 Å². The predicted molar refractivity (Wildman–Crippen MR) is 545 cm³/mol. The monoisotopic (exact) mass is 2070 g/mol. The van der Waals surface area contributed by atoms with E-state index >= 15 is 43.2 Å². The molecule has 0 bridgehead atoms. The van der Waals surface area contributed by atoms with E-state index in [2.05, 4.69) is 85.1 Å². The van der Waals surface area contributed by atoms with Crippen LogP contribution in [-0.4, -0.2) is 353 Å². The van der Waals surface area contributed by atoms with Crippen molar-refractivity contribution in [3.63, 3.8) is 0 Å². The van der Waals surface area contributed by atoms with Crippen LogP contribution >= 0.6 is 0 Å². The van der Waals surface area contributed by atoms with Crippen LogP contribution in [-0.2, 0) is 83.1 Å². The number of carboxylic acids is 1. The molecule has 0 radical (unpaired) electrons. The van der Waals surface area contributed by atoms with Crippen LogP contribution in [0, 0.1) is 49.7 Å². The Bertz CT molecular complexity index is 4750. The van der Waals surface area contributed by atoms with Crippen molar-refractivity contribution in [2.75, 3.05) is 85.1 Å². The summed E-state index contributed by atoms with van der Waals surface area (Å²) >= 11 is 0. The van der Waals surface area contributed by atoms with E-state index in [4.69, 9.17) is 83.7 Å². The molecule has 15 amide bonds. The Morgan fingerprint density at radius 2 is 0.592 bits per heavy atom. The molecule has 0 spiro atoms. The number of amides is 15. The highest BCUT2D eigenvalue weighted by Crippen LogP contribution is 2.31. The number of hydrogen-bond acceptors (Lipinski definition) is 24. The van der Waals surface area contributed by atoms with E-state index < -0.39 is 197 Å².